The number of carboxylic acids is 1. The van der Waals surface area contributed by atoms with E-state index in [0.29, 0.717) is 6.61 Å². The van der Waals surface area contributed by atoms with Gasteiger partial charge in [0.05, 0.1) is 6.61 Å². The van der Waals surface area contributed by atoms with Crippen LogP contribution < -0.4 is 4.74 Å². The van der Waals surface area contributed by atoms with Crippen molar-refractivity contribution in [1.29, 1.82) is 0 Å². The lowest BCUT2D eigenvalue weighted by molar-refractivity contribution is -0.149. The third kappa shape index (κ3) is 4.46. The van der Waals surface area contributed by atoms with Crippen molar-refractivity contribution in [2.45, 2.75) is 13.0 Å². The molecule has 0 amide bonds. The van der Waals surface area contributed by atoms with Gasteiger partial charge >= 0.3 is 5.97 Å². The predicted octanol–water partition coefficient (Wildman–Crippen LogP) is 1.56. The van der Waals surface area contributed by atoms with E-state index in [0.717, 1.165) is 5.75 Å². The second kappa shape index (κ2) is 6.03. The first kappa shape index (κ1) is 11.5. The molecule has 0 saturated heterocycles. The van der Waals surface area contributed by atoms with Gasteiger partial charge in [0.15, 0.2) is 6.10 Å². The highest BCUT2D eigenvalue weighted by atomic mass is 16.5. The molecule has 0 spiro atoms. The van der Waals surface area contributed by atoms with E-state index in [2.05, 4.69) is 0 Å². The fourth-order valence-electron chi connectivity index (χ4n) is 0.972. The summed E-state index contributed by atoms with van der Waals surface area (Å²) in [5, 5.41) is 8.53. The Morgan fingerprint density at radius 1 is 1.33 bits per heavy atom. The number of para-hydroxylation sites is 1. The molecule has 0 aliphatic rings. The van der Waals surface area contributed by atoms with E-state index in [4.69, 9.17) is 14.6 Å². The number of rotatable bonds is 6. The molecule has 0 aliphatic heterocycles. The first-order valence-electron chi connectivity index (χ1n) is 4.72. The van der Waals surface area contributed by atoms with Gasteiger partial charge in [0, 0.05) is 0 Å². The van der Waals surface area contributed by atoms with Crippen molar-refractivity contribution >= 4 is 5.97 Å². The highest BCUT2D eigenvalue weighted by molar-refractivity contribution is 5.71. The summed E-state index contributed by atoms with van der Waals surface area (Å²) >= 11 is 0. The number of hydrogen-bond acceptors (Lipinski definition) is 3. The Balaban J connectivity index is 2.15. The van der Waals surface area contributed by atoms with Crippen molar-refractivity contribution < 1.29 is 19.4 Å². The van der Waals surface area contributed by atoms with Crippen LogP contribution in [0.3, 0.4) is 0 Å². The van der Waals surface area contributed by atoms with Crippen LogP contribution in [-0.4, -0.2) is 30.4 Å². The van der Waals surface area contributed by atoms with Gasteiger partial charge in [-0.25, -0.2) is 4.79 Å². The minimum atomic E-state index is -0.963. The van der Waals surface area contributed by atoms with Gasteiger partial charge in [0.2, 0.25) is 0 Å². The van der Waals surface area contributed by atoms with Gasteiger partial charge in [-0.3, -0.25) is 0 Å². The third-order valence-electron chi connectivity index (χ3n) is 1.81. The van der Waals surface area contributed by atoms with Gasteiger partial charge in [-0.2, -0.15) is 0 Å². The van der Waals surface area contributed by atoms with Crippen molar-refractivity contribution in [3.63, 3.8) is 0 Å². The number of benzene rings is 1. The van der Waals surface area contributed by atoms with Crippen LogP contribution in [0.5, 0.6) is 5.75 Å². The van der Waals surface area contributed by atoms with Gasteiger partial charge in [-0.1, -0.05) is 18.2 Å². The summed E-state index contributed by atoms with van der Waals surface area (Å²) in [6, 6.07) is 9.31. The number of hydrogen-bond donors (Lipinski definition) is 1. The molecule has 0 bridgehead atoms. The van der Waals surface area contributed by atoms with Crippen molar-refractivity contribution in [2.75, 3.05) is 13.2 Å². The van der Waals surface area contributed by atoms with Crippen LogP contribution in [0.2, 0.25) is 0 Å². The quantitative estimate of drug-likeness (QED) is 0.724. The SMILES string of the molecule is CC(OCCOc1ccccc1)C(=O)O. The standard InChI is InChI=1S/C11H14O4/c1-9(11(12)13)14-7-8-15-10-5-3-2-4-6-10/h2-6,9H,7-8H2,1H3,(H,12,13). The average Bonchev–Trinajstić information content (AvgIpc) is 2.25. The number of carboxylic acid groups (broad SMARTS) is 1. The Hall–Kier alpha value is -1.55. The highest BCUT2D eigenvalue weighted by Crippen LogP contribution is 2.07. The molecule has 1 atom stereocenters. The summed E-state index contributed by atoms with van der Waals surface area (Å²) in [6.45, 7) is 2.11. The summed E-state index contributed by atoms with van der Waals surface area (Å²) in [6.07, 6.45) is -0.788. The molecule has 0 aliphatic carbocycles. The van der Waals surface area contributed by atoms with E-state index in [9.17, 15) is 4.79 Å². The van der Waals surface area contributed by atoms with Crippen LogP contribution in [0.25, 0.3) is 0 Å². The molecule has 4 nitrogen and oxygen atoms in total. The van der Waals surface area contributed by atoms with Crippen LogP contribution in [0.15, 0.2) is 30.3 Å². The monoisotopic (exact) mass is 210 g/mol. The lowest BCUT2D eigenvalue weighted by Gasteiger charge is -2.09. The fraction of sp³-hybridized carbons (Fsp3) is 0.364. The molecular weight excluding hydrogens is 196 g/mol. The number of aliphatic carboxylic acids is 1. The molecule has 1 aromatic rings. The Kier molecular flexibility index (Phi) is 4.63. The van der Waals surface area contributed by atoms with Gasteiger partial charge in [0.25, 0.3) is 0 Å². The first-order chi connectivity index (χ1) is 7.20. The average molecular weight is 210 g/mol. The summed E-state index contributed by atoms with van der Waals surface area (Å²) in [5.41, 5.74) is 0. The minimum Gasteiger partial charge on any atom is -0.491 e. The molecule has 1 unspecified atom stereocenters. The summed E-state index contributed by atoms with van der Waals surface area (Å²) in [5.74, 6) is -0.209. The minimum absolute atomic E-state index is 0.266. The molecule has 0 saturated carbocycles. The van der Waals surface area contributed by atoms with E-state index in [1.807, 2.05) is 30.3 Å². The molecular formula is C11H14O4. The molecule has 0 heterocycles. The normalized spacial score (nSPS) is 12.1. The molecule has 1 N–H and O–H groups in total. The van der Waals surface area contributed by atoms with E-state index in [-0.39, 0.29) is 6.61 Å². The van der Waals surface area contributed by atoms with Crippen molar-refractivity contribution in [1.82, 2.24) is 0 Å². The zero-order valence-electron chi connectivity index (χ0n) is 8.55. The second-order valence-corrected chi connectivity index (χ2v) is 3.01. The molecule has 1 aromatic carbocycles. The van der Waals surface area contributed by atoms with Gasteiger partial charge in [-0.15, -0.1) is 0 Å². The van der Waals surface area contributed by atoms with Crippen LogP contribution in [0.1, 0.15) is 6.92 Å². The van der Waals surface area contributed by atoms with Crippen LogP contribution in [0, 0.1) is 0 Å². The van der Waals surface area contributed by atoms with Crippen LogP contribution in [0.4, 0.5) is 0 Å². The first-order valence-corrected chi connectivity index (χ1v) is 4.72. The van der Waals surface area contributed by atoms with Gasteiger partial charge in [-0.05, 0) is 19.1 Å². The summed E-state index contributed by atoms with van der Waals surface area (Å²) in [7, 11) is 0. The van der Waals surface area contributed by atoms with E-state index < -0.39 is 12.1 Å². The van der Waals surface area contributed by atoms with Gasteiger partial charge < -0.3 is 14.6 Å². The van der Waals surface area contributed by atoms with E-state index in [1.54, 1.807) is 0 Å². The lowest BCUT2D eigenvalue weighted by Crippen LogP contribution is -2.22. The topological polar surface area (TPSA) is 55.8 Å². The predicted molar refractivity (Wildman–Crippen MR) is 55.0 cm³/mol. The molecule has 0 fully saturated rings. The molecule has 0 aromatic heterocycles. The van der Waals surface area contributed by atoms with Crippen molar-refractivity contribution in [3.8, 4) is 5.75 Å². The molecule has 82 valence electrons. The van der Waals surface area contributed by atoms with Crippen LogP contribution >= 0.6 is 0 Å². The lowest BCUT2D eigenvalue weighted by atomic mass is 10.3. The maximum absolute atomic E-state index is 10.4. The maximum atomic E-state index is 10.4. The highest BCUT2D eigenvalue weighted by Gasteiger charge is 2.09. The van der Waals surface area contributed by atoms with E-state index in [1.165, 1.54) is 6.92 Å². The molecule has 15 heavy (non-hydrogen) atoms. The number of ether oxygens (including phenoxy) is 2. The van der Waals surface area contributed by atoms with E-state index >= 15 is 0 Å². The largest absolute Gasteiger partial charge is 0.491 e. The summed E-state index contributed by atoms with van der Waals surface area (Å²) < 4.78 is 10.3. The van der Waals surface area contributed by atoms with Crippen molar-refractivity contribution in [3.05, 3.63) is 30.3 Å². The zero-order valence-corrected chi connectivity index (χ0v) is 8.55. The van der Waals surface area contributed by atoms with Gasteiger partial charge in [0.1, 0.15) is 12.4 Å². The Morgan fingerprint density at radius 3 is 2.60 bits per heavy atom. The van der Waals surface area contributed by atoms with Crippen LogP contribution in [-0.2, 0) is 9.53 Å². The fourth-order valence-corrected chi connectivity index (χ4v) is 0.972. The summed E-state index contributed by atoms with van der Waals surface area (Å²) in [4.78, 5) is 10.4. The Morgan fingerprint density at radius 2 is 2.00 bits per heavy atom. The zero-order chi connectivity index (χ0) is 11.1. The van der Waals surface area contributed by atoms with Crippen molar-refractivity contribution in [2.24, 2.45) is 0 Å². The third-order valence-corrected chi connectivity index (χ3v) is 1.81. The Labute approximate surface area is 88.4 Å². The smallest absolute Gasteiger partial charge is 0.332 e. The molecule has 0 radical (unpaired) electrons. The second-order valence-electron chi connectivity index (χ2n) is 3.01. The maximum Gasteiger partial charge on any atom is 0.332 e. The Bertz CT molecular complexity index is 297. The number of carbonyl (C=O) groups is 1. The molecule has 4 heteroatoms. The molecule has 1 rings (SSSR count).